The fourth-order valence-electron chi connectivity index (χ4n) is 5.18. The number of fused-ring (bicyclic) bond motifs is 1. The van der Waals surface area contributed by atoms with Gasteiger partial charge in [0.2, 0.25) is 0 Å². The van der Waals surface area contributed by atoms with Gasteiger partial charge in [0, 0.05) is 37.3 Å². The second-order valence-electron chi connectivity index (χ2n) is 13.2. The molecule has 2 aromatic carbocycles. The molecule has 12 heteroatoms. The van der Waals surface area contributed by atoms with Crippen LogP contribution in [-0.4, -0.2) is 65.2 Å². The van der Waals surface area contributed by atoms with Crippen molar-refractivity contribution in [1.82, 2.24) is 15.2 Å². The summed E-state index contributed by atoms with van der Waals surface area (Å²) in [6.45, 7) is 12.3. The molecule has 45 heavy (non-hydrogen) atoms. The maximum Gasteiger partial charge on any atom is 0.407 e. The Morgan fingerprint density at radius 3 is 2.38 bits per heavy atom. The molecule has 0 saturated carbocycles. The smallest absolute Gasteiger partial charge is 0.407 e. The first-order valence-electron chi connectivity index (χ1n) is 14.9. The molecule has 2 heterocycles. The minimum Gasteiger partial charge on any atom is -0.456 e. The Morgan fingerprint density at radius 2 is 1.71 bits per heavy atom. The minimum atomic E-state index is -0.707. The van der Waals surface area contributed by atoms with E-state index in [1.807, 2.05) is 0 Å². The van der Waals surface area contributed by atoms with Gasteiger partial charge < -0.3 is 30.4 Å². The molecule has 1 aliphatic heterocycles. The van der Waals surface area contributed by atoms with Gasteiger partial charge in [-0.1, -0.05) is 0 Å². The van der Waals surface area contributed by atoms with Gasteiger partial charge in [-0.25, -0.2) is 14.0 Å². The number of carbonyl (C=O) groups excluding carboxylic acids is 3. The number of anilines is 2. The van der Waals surface area contributed by atoms with Crippen molar-refractivity contribution in [3.63, 3.8) is 0 Å². The van der Waals surface area contributed by atoms with E-state index in [0.29, 0.717) is 46.5 Å². The number of benzene rings is 2. The topological polar surface area (TPSA) is 142 Å². The van der Waals surface area contributed by atoms with Gasteiger partial charge in [-0.2, -0.15) is 0 Å². The first-order chi connectivity index (χ1) is 21.0. The quantitative estimate of drug-likeness (QED) is 0.256. The molecule has 4 N–H and O–H groups in total. The summed E-state index contributed by atoms with van der Waals surface area (Å²) < 4.78 is 25.2. The van der Waals surface area contributed by atoms with E-state index in [1.165, 1.54) is 18.2 Å². The Bertz CT molecular complexity index is 1660. The number of carbonyl (C=O) groups is 3. The third-order valence-corrected chi connectivity index (χ3v) is 7.04. The lowest BCUT2D eigenvalue weighted by Gasteiger charge is -2.34. The minimum absolute atomic E-state index is 0.153. The summed E-state index contributed by atoms with van der Waals surface area (Å²) in [6, 6.07) is 8.50. The number of alkyl carbamates (subject to hydrolysis) is 1. The van der Waals surface area contributed by atoms with Crippen molar-refractivity contribution < 1.29 is 28.2 Å². The number of amides is 2. The van der Waals surface area contributed by atoms with Gasteiger partial charge in [0.05, 0.1) is 16.8 Å². The molecule has 0 spiro atoms. The van der Waals surface area contributed by atoms with E-state index in [0.717, 1.165) is 19.4 Å². The van der Waals surface area contributed by atoms with Gasteiger partial charge in [-0.3, -0.25) is 14.5 Å². The fourth-order valence-corrected chi connectivity index (χ4v) is 5.18. The lowest BCUT2D eigenvalue weighted by atomic mass is 10.0. The molecular weight excluding hydrogens is 581 g/mol. The van der Waals surface area contributed by atoms with E-state index in [1.54, 1.807) is 66.8 Å². The first-order valence-corrected chi connectivity index (χ1v) is 14.9. The zero-order chi connectivity index (χ0) is 33.1. The van der Waals surface area contributed by atoms with Crippen LogP contribution in [0.5, 0.6) is 0 Å². The maximum atomic E-state index is 14.2. The Morgan fingerprint density at radius 1 is 1.00 bits per heavy atom. The molecular formula is C33H42FN5O6. The molecule has 1 aliphatic rings. The summed E-state index contributed by atoms with van der Waals surface area (Å²) in [7, 11) is 1.60. The summed E-state index contributed by atoms with van der Waals surface area (Å²) in [6.07, 6.45) is 1.10. The number of aromatic nitrogens is 1. The average Bonchev–Trinajstić information content (AvgIpc) is 2.91. The van der Waals surface area contributed by atoms with Crippen molar-refractivity contribution in [2.24, 2.45) is 0 Å². The second-order valence-corrected chi connectivity index (χ2v) is 13.2. The number of pyridine rings is 1. The van der Waals surface area contributed by atoms with Crippen LogP contribution in [0.3, 0.4) is 0 Å². The van der Waals surface area contributed by atoms with Crippen molar-refractivity contribution in [1.29, 1.82) is 0 Å². The average molecular weight is 624 g/mol. The van der Waals surface area contributed by atoms with Gasteiger partial charge >= 0.3 is 12.1 Å². The van der Waals surface area contributed by atoms with Crippen molar-refractivity contribution in [3.05, 3.63) is 69.3 Å². The Labute approximate surface area is 261 Å². The number of esters is 1. The van der Waals surface area contributed by atoms with Gasteiger partial charge in [-0.15, -0.1) is 0 Å². The van der Waals surface area contributed by atoms with E-state index in [4.69, 9.17) is 9.47 Å². The van der Waals surface area contributed by atoms with Crippen molar-refractivity contribution in [3.8, 4) is 0 Å². The van der Waals surface area contributed by atoms with Gasteiger partial charge in [0.15, 0.2) is 0 Å². The number of halogens is 1. The number of aromatic amines is 1. The monoisotopic (exact) mass is 623 g/mol. The number of piperidine rings is 1. The second kappa shape index (κ2) is 13.3. The highest BCUT2D eigenvalue weighted by Crippen LogP contribution is 2.26. The van der Waals surface area contributed by atoms with Crippen LogP contribution >= 0.6 is 0 Å². The number of hydrogen-bond donors (Lipinski definition) is 4. The molecule has 1 fully saturated rings. The van der Waals surface area contributed by atoms with Crippen LogP contribution in [0.4, 0.5) is 20.6 Å². The Kier molecular flexibility index (Phi) is 9.86. The molecule has 11 nitrogen and oxygen atoms in total. The largest absolute Gasteiger partial charge is 0.456 e. The number of ether oxygens (including phenoxy) is 2. The van der Waals surface area contributed by atoms with E-state index >= 15 is 0 Å². The van der Waals surface area contributed by atoms with Crippen LogP contribution in [0.25, 0.3) is 10.9 Å². The number of nitrogens with zero attached hydrogens (tertiary/aromatic N) is 1. The molecule has 1 aromatic heterocycles. The zero-order valence-corrected chi connectivity index (χ0v) is 26.9. The van der Waals surface area contributed by atoms with Crippen LogP contribution in [0, 0.1) is 5.82 Å². The van der Waals surface area contributed by atoms with E-state index in [9.17, 15) is 23.6 Å². The van der Waals surface area contributed by atoms with Crippen LogP contribution in [0.2, 0.25) is 0 Å². The number of H-pyrrole nitrogens is 1. The lowest BCUT2D eigenvalue weighted by molar-refractivity contribution is 0.00687. The highest BCUT2D eigenvalue weighted by Gasteiger charge is 2.26. The van der Waals surface area contributed by atoms with Crippen molar-refractivity contribution >= 4 is 40.2 Å². The summed E-state index contributed by atoms with van der Waals surface area (Å²) >= 11 is 0. The molecule has 1 unspecified atom stereocenters. The zero-order valence-electron chi connectivity index (χ0n) is 26.9. The molecule has 242 valence electrons. The van der Waals surface area contributed by atoms with E-state index < -0.39 is 40.5 Å². The third kappa shape index (κ3) is 9.04. The number of hydrogen-bond acceptors (Lipinski definition) is 8. The standard InChI is InChI=1S/C33H42FN5O6/c1-32(2,3)44-30(42)19-10-11-25(21(13-19)17-39-12-8-9-23(18-39)36-31(43)45-33(4,5)6)37-28(40)24-15-20-14-22(34)16-26(35-7)27(20)38-29(24)41/h10-11,13-16,23,35H,8-9,12,17-18H2,1-7H3,(H,36,43)(H,37,40)(H,38,41). The molecule has 0 bridgehead atoms. The molecule has 2 amide bonds. The predicted octanol–water partition coefficient (Wildman–Crippen LogP) is 5.41. The highest BCUT2D eigenvalue weighted by atomic mass is 19.1. The third-order valence-electron chi connectivity index (χ3n) is 7.04. The Hall–Kier alpha value is -4.45. The highest BCUT2D eigenvalue weighted by molar-refractivity contribution is 6.07. The molecule has 1 atom stereocenters. The molecule has 0 radical (unpaired) electrons. The molecule has 1 saturated heterocycles. The van der Waals surface area contributed by atoms with Crippen molar-refractivity contribution in [2.45, 2.75) is 78.2 Å². The number of rotatable bonds is 7. The predicted molar refractivity (Wildman–Crippen MR) is 171 cm³/mol. The van der Waals surface area contributed by atoms with Crippen LogP contribution in [-0.2, 0) is 16.0 Å². The molecule has 0 aliphatic carbocycles. The van der Waals surface area contributed by atoms with Crippen LogP contribution < -0.4 is 21.5 Å². The summed E-state index contributed by atoms with van der Waals surface area (Å²) in [5.74, 6) is -1.73. The van der Waals surface area contributed by atoms with Gasteiger partial charge in [0.25, 0.3) is 11.5 Å². The van der Waals surface area contributed by atoms with Crippen LogP contribution in [0.15, 0.2) is 41.2 Å². The number of likely N-dealkylation sites (tertiary alicyclic amines) is 1. The van der Waals surface area contributed by atoms with E-state index in [2.05, 4.69) is 25.8 Å². The summed E-state index contributed by atoms with van der Waals surface area (Å²) in [4.78, 5) is 56.5. The summed E-state index contributed by atoms with van der Waals surface area (Å²) in [5.41, 5.74) is -0.0893. The van der Waals surface area contributed by atoms with Crippen molar-refractivity contribution in [2.75, 3.05) is 30.8 Å². The summed E-state index contributed by atoms with van der Waals surface area (Å²) in [5, 5.41) is 8.93. The van der Waals surface area contributed by atoms with E-state index in [-0.39, 0.29) is 11.6 Å². The van der Waals surface area contributed by atoms with Crippen LogP contribution in [0.1, 0.15) is 80.7 Å². The first kappa shape index (κ1) is 33.4. The van der Waals surface area contributed by atoms with Gasteiger partial charge in [0.1, 0.15) is 22.6 Å². The lowest BCUT2D eigenvalue weighted by Crippen LogP contribution is -2.48. The molecule has 4 rings (SSSR count). The Balaban J connectivity index is 1.62. The fraction of sp³-hybridized carbons (Fsp3) is 0.455. The molecule has 3 aromatic rings. The number of nitrogens with one attached hydrogen (secondary N) is 4. The SMILES string of the molecule is CNc1cc(F)cc2cc(C(=O)Nc3ccc(C(=O)OC(C)(C)C)cc3CN3CCCC(NC(=O)OC(C)(C)C)C3)c(=O)[nH]c12. The van der Waals surface area contributed by atoms with Gasteiger partial charge in [-0.05, 0) is 103 Å². The maximum absolute atomic E-state index is 14.2. The normalized spacial score (nSPS) is 15.8.